The summed E-state index contributed by atoms with van der Waals surface area (Å²) in [6.07, 6.45) is 1.80. The van der Waals surface area contributed by atoms with Gasteiger partial charge in [0.1, 0.15) is 11.3 Å². The summed E-state index contributed by atoms with van der Waals surface area (Å²) < 4.78 is 5.76. The average Bonchev–Trinajstić information content (AvgIpc) is 3.01. The highest BCUT2D eigenvalue weighted by molar-refractivity contribution is 8.93. The van der Waals surface area contributed by atoms with Crippen LogP contribution in [0.4, 0.5) is 5.13 Å². The molecule has 20 heavy (non-hydrogen) atoms. The first-order valence-electron chi connectivity index (χ1n) is 5.76. The van der Waals surface area contributed by atoms with Crippen molar-refractivity contribution in [1.29, 1.82) is 0 Å². The zero-order valence-corrected chi connectivity index (χ0v) is 13.7. The van der Waals surface area contributed by atoms with Gasteiger partial charge in [-0.25, -0.2) is 4.98 Å². The summed E-state index contributed by atoms with van der Waals surface area (Å²) in [6, 6.07) is 7.51. The zero-order valence-electron chi connectivity index (χ0n) is 10.4. The minimum absolute atomic E-state index is 0. The lowest BCUT2D eigenvalue weighted by molar-refractivity contribution is 0.629. The van der Waals surface area contributed by atoms with Crippen LogP contribution in [0.3, 0.4) is 0 Å². The maximum absolute atomic E-state index is 5.96. The molecule has 0 unspecified atom stereocenters. The Hall–Kier alpha value is -1.30. The number of furan rings is 1. The molecule has 0 saturated heterocycles. The first-order chi connectivity index (χ1) is 9.26. The maximum Gasteiger partial charge on any atom is 0.183 e. The van der Waals surface area contributed by atoms with Crippen molar-refractivity contribution in [2.24, 2.45) is 0 Å². The van der Waals surface area contributed by atoms with E-state index in [1.807, 2.05) is 29.6 Å². The Balaban J connectivity index is 0.00000147. The van der Waals surface area contributed by atoms with E-state index >= 15 is 0 Å². The van der Waals surface area contributed by atoms with Crippen LogP contribution < -0.4 is 5.32 Å². The molecule has 2 heterocycles. The van der Waals surface area contributed by atoms with Gasteiger partial charge in [0.15, 0.2) is 10.9 Å². The van der Waals surface area contributed by atoms with Crippen LogP contribution in [-0.2, 0) is 0 Å². The smallest absolute Gasteiger partial charge is 0.183 e. The van der Waals surface area contributed by atoms with Crippen LogP contribution in [0.2, 0.25) is 5.02 Å². The van der Waals surface area contributed by atoms with E-state index in [1.165, 1.54) is 0 Å². The van der Waals surface area contributed by atoms with Gasteiger partial charge in [0.2, 0.25) is 0 Å². The van der Waals surface area contributed by atoms with Crippen molar-refractivity contribution in [3.63, 3.8) is 0 Å². The molecular formula is C14H12BrClN2OS. The van der Waals surface area contributed by atoms with E-state index in [0.29, 0.717) is 11.6 Å². The lowest BCUT2D eigenvalue weighted by Gasteiger charge is -1.94. The molecule has 0 amide bonds. The van der Waals surface area contributed by atoms with Crippen LogP contribution >= 0.6 is 39.9 Å². The molecule has 104 valence electrons. The third-order valence-electron chi connectivity index (χ3n) is 2.63. The highest BCUT2D eigenvalue weighted by Crippen LogP contribution is 2.31. The lowest BCUT2D eigenvalue weighted by Crippen LogP contribution is -1.96. The van der Waals surface area contributed by atoms with Gasteiger partial charge in [-0.05, 0) is 24.3 Å². The van der Waals surface area contributed by atoms with Crippen LogP contribution in [0.15, 0.2) is 46.7 Å². The molecular weight excluding hydrogens is 360 g/mol. The molecule has 0 radical (unpaired) electrons. The SMILES string of the molecule is Br.C=CCNc1nc(-c2cc3cc(Cl)ccc3o2)cs1. The van der Waals surface area contributed by atoms with Crippen molar-refractivity contribution in [1.82, 2.24) is 4.98 Å². The average molecular weight is 372 g/mol. The van der Waals surface area contributed by atoms with E-state index in [2.05, 4.69) is 16.9 Å². The predicted molar refractivity (Wildman–Crippen MR) is 91.3 cm³/mol. The van der Waals surface area contributed by atoms with Crippen LogP contribution in [0.1, 0.15) is 0 Å². The number of nitrogens with zero attached hydrogens (tertiary/aromatic N) is 1. The van der Waals surface area contributed by atoms with E-state index in [4.69, 9.17) is 16.0 Å². The van der Waals surface area contributed by atoms with Crippen molar-refractivity contribution in [3.8, 4) is 11.5 Å². The molecule has 0 saturated carbocycles. The van der Waals surface area contributed by atoms with Crippen LogP contribution in [0.5, 0.6) is 0 Å². The van der Waals surface area contributed by atoms with Crippen LogP contribution in [0.25, 0.3) is 22.4 Å². The lowest BCUT2D eigenvalue weighted by atomic mass is 10.2. The Morgan fingerprint density at radius 1 is 1.40 bits per heavy atom. The first-order valence-corrected chi connectivity index (χ1v) is 7.02. The van der Waals surface area contributed by atoms with Crippen LogP contribution in [0, 0.1) is 0 Å². The largest absolute Gasteiger partial charge is 0.454 e. The molecule has 3 nitrogen and oxygen atoms in total. The summed E-state index contributed by atoms with van der Waals surface area (Å²) in [6.45, 7) is 4.36. The Morgan fingerprint density at radius 2 is 2.25 bits per heavy atom. The van der Waals surface area contributed by atoms with Gasteiger partial charge in [0, 0.05) is 22.3 Å². The van der Waals surface area contributed by atoms with Gasteiger partial charge in [-0.3, -0.25) is 0 Å². The van der Waals surface area contributed by atoms with Gasteiger partial charge in [-0.2, -0.15) is 0 Å². The Labute approximate surface area is 136 Å². The number of hydrogen-bond acceptors (Lipinski definition) is 4. The van der Waals surface area contributed by atoms with Crippen molar-refractivity contribution in [2.45, 2.75) is 0 Å². The molecule has 0 spiro atoms. The molecule has 1 aromatic carbocycles. The number of benzene rings is 1. The van der Waals surface area contributed by atoms with Gasteiger partial charge in [-0.15, -0.1) is 34.9 Å². The fourth-order valence-electron chi connectivity index (χ4n) is 1.77. The number of fused-ring (bicyclic) bond motifs is 1. The Morgan fingerprint density at radius 3 is 3.05 bits per heavy atom. The molecule has 0 atom stereocenters. The number of anilines is 1. The molecule has 0 aliphatic carbocycles. The molecule has 0 aliphatic heterocycles. The van der Waals surface area contributed by atoms with Gasteiger partial charge in [-0.1, -0.05) is 17.7 Å². The fourth-order valence-corrected chi connectivity index (χ4v) is 2.66. The van der Waals surface area contributed by atoms with Gasteiger partial charge in [0.25, 0.3) is 0 Å². The van der Waals surface area contributed by atoms with Crippen molar-refractivity contribution < 1.29 is 4.42 Å². The summed E-state index contributed by atoms with van der Waals surface area (Å²) in [5, 5.41) is 7.65. The molecule has 3 aromatic rings. The van der Waals surface area contributed by atoms with E-state index in [-0.39, 0.29) is 17.0 Å². The summed E-state index contributed by atoms with van der Waals surface area (Å²) in [5.41, 5.74) is 1.64. The second-order valence-electron chi connectivity index (χ2n) is 4.00. The highest BCUT2D eigenvalue weighted by atomic mass is 79.9. The number of aromatic nitrogens is 1. The summed E-state index contributed by atoms with van der Waals surface area (Å²) in [7, 11) is 0. The highest BCUT2D eigenvalue weighted by Gasteiger charge is 2.10. The fraction of sp³-hybridized carbons (Fsp3) is 0.0714. The minimum atomic E-state index is 0. The van der Waals surface area contributed by atoms with Gasteiger partial charge < -0.3 is 9.73 Å². The predicted octanol–water partition coefficient (Wildman–Crippen LogP) is 5.39. The van der Waals surface area contributed by atoms with E-state index in [1.54, 1.807) is 17.4 Å². The summed E-state index contributed by atoms with van der Waals surface area (Å²) >= 11 is 7.50. The number of rotatable bonds is 4. The molecule has 1 N–H and O–H groups in total. The number of halogens is 2. The third-order valence-corrected chi connectivity index (χ3v) is 3.67. The molecule has 3 rings (SSSR count). The molecule has 6 heteroatoms. The van der Waals surface area contributed by atoms with Crippen LogP contribution in [-0.4, -0.2) is 11.5 Å². The second-order valence-corrected chi connectivity index (χ2v) is 5.29. The Kier molecular flexibility index (Phi) is 4.86. The molecule has 0 fully saturated rings. The van der Waals surface area contributed by atoms with E-state index in [9.17, 15) is 0 Å². The second kappa shape index (κ2) is 6.43. The number of hydrogen-bond donors (Lipinski definition) is 1. The molecule has 2 aromatic heterocycles. The summed E-state index contributed by atoms with van der Waals surface area (Å²) in [4.78, 5) is 4.47. The van der Waals surface area contributed by atoms with Gasteiger partial charge in [0.05, 0.1) is 0 Å². The summed E-state index contributed by atoms with van der Waals surface area (Å²) in [5.74, 6) is 0.750. The zero-order chi connectivity index (χ0) is 13.2. The number of thiazole rings is 1. The maximum atomic E-state index is 5.96. The van der Waals surface area contributed by atoms with Gasteiger partial charge >= 0.3 is 0 Å². The van der Waals surface area contributed by atoms with Crippen molar-refractivity contribution in [2.75, 3.05) is 11.9 Å². The minimum Gasteiger partial charge on any atom is -0.454 e. The molecule has 0 aliphatic rings. The van der Waals surface area contributed by atoms with E-state index in [0.717, 1.165) is 27.6 Å². The normalized spacial score (nSPS) is 10.2. The third kappa shape index (κ3) is 3.06. The first kappa shape index (κ1) is 15.1. The monoisotopic (exact) mass is 370 g/mol. The Bertz CT molecular complexity index is 738. The topological polar surface area (TPSA) is 38.1 Å². The molecule has 0 bridgehead atoms. The number of nitrogens with one attached hydrogen (secondary N) is 1. The standard InChI is InChI=1S/C14H11ClN2OS.BrH/c1-2-5-16-14-17-11(8-19-14)13-7-9-6-10(15)3-4-12(9)18-13;/h2-4,6-8H,1,5H2,(H,16,17);1H. The van der Waals surface area contributed by atoms with E-state index < -0.39 is 0 Å². The van der Waals surface area contributed by atoms with Crippen molar-refractivity contribution >= 4 is 56.0 Å². The van der Waals surface area contributed by atoms with Crippen molar-refractivity contribution in [3.05, 3.63) is 47.3 Å². The quantitative estimate of drug-likeness (QED) is 0.625.